The van der Waals surface area contributed by atoms with Crippen molar-refractivity contribution in [3.8, 4) is 22.8 Å². The standard InChI is InChI=1S/C21H19N5O/c1-14(27)26-21(15-6-9-18(10-7-15)25(2)3)23-20(24-26)17-8-11-19-16(13-17)5-4-12-22-19/h4-13H,1-3H3. The summed E-state index contributed by atoms with van der Waals surface area (Å²) in [5.74, 6) is 0.875. The van der Waals surface area contributed by atoms with Crippen molar-refractivity contribution in [2.75, 3.05) is 19.0 Å². The van der Waals surface area contributed by atoms with Gasteiger partial charge in [-0.2, -0.15) is 4.68 Å². The molecule has 2 heterocycles. The Hall–Kier alpha value is -3.54. The molecule has 0 radical (unpaired) electrons. The van der Waals surface area contributed by atoms with Crippen LogP contribution in [0.4, 0.5) is 5.69 Å². The lowest BCUT2D eigenvalue weighted by Gasteiger charge is -2.12. The van der Waals surface area contributed by atoms with Crippen molar-refractivity contribution in [2.24, 2.45) is 0 Å². The summed E-state index contributed by atoms with van der Waals surface area (Å²) in [6, 6.07) is 17.6. The van der Waals surface area contributed by atoms with Gasteiger partial charge in [0, 0.05) is 49.4 Å². The molecule has 0 saturated carbocycles. The number of rotatable bonds is 3. The molecule has 0 N–H and O–H groups in total. The van der Waals surface area contributed by atoms with Crippen LogP contribution in [0, 0.1) is 0 Å². The molecule has 134 valence electrons. The molecule has 0 fully saturated rings. The van der Waals surface area contributed by atoms with E-state index in [9.17, 15) is 4.79 Å². The van der Waals surface area contributed by atoms with Gasteiger partial charge in [0.25, 0.3) is 0 Å². The number of hydrogen-bond donors (Lipinski definition) is 0. The van der Waals surface area contributed by atoms with Crippen molar-refractivity contribution in [1.29, 1.82) is 0 Å². The SMILES string of the molecule is CC(=O)n1nc(-c2ccc3ncccc3c2)nc1-c1ccc(N(C)C)cc1. The Balaban J connectivity index is 1.81. The fourth-order valence-electron chi connectivity index (χ4n) is 2.96. The first-order valence-electron chi connectivity index (χ1n) is 8.64. The van der Waals surface area contributed by atoms with Gasteiger partial charge in [-0.1, -0.05) is 6.07 Å². The van der Waals surface area contributed by atoms with Gasteiger partial charge in [0.15, 0.2) is 11.6 Å². The fourth-order valence-corrected chi connectivity index (χ4v) is 2.96. The number of carbonyl (C=O) groups is 1. The van der Waals surface area contributed by atoms with Crippen LogP contribution in [0.15, 0.2) is 60.8 Å². The Morgan fingerprint density at radius 3 is 2.44 bits per heavy atom. The van der Waals surface area contributed by atoms with E-state index in [-0.39, 0.29) is 5.91 Å². The van der Waals surface area contributed by atoms with Gasteiger partial charge in [-0.15, -0.1) is 5.10 Å². The predicted molar refractivity (Wildman–Crippen MR) is 107 cm³/mol. The van der Waals surface area contributed by atoms with E-state index in [1.807, 2.05) is 73.6 Å². The van der Waals surface area contributed by atoms with Crippen LogP contribution in [0.3, 0.4) is 0 Å². The molecule has 0 aliphatic heterocycles. The van der Waals surface area contributed by atoms with E-state index < -0.39 is 0 Å². The summed E-state index contributed by atoms with van der Waals surface area (Å²) in [7, 11) is 3.97. The molecule has 27 heavy (non-hydrogen) atoms. The van der Waals surface area contributed by atoms with E-state index in [1.165, 1.54) is 11.6 Å². The molecule has 6 heteroatoms. The van der Waals surface area contributed by atoms with E-state index in [0.717, 1.165) is 27.7 Å². The van der Waals surface area contributed by atoms with Crippen molar-refractivity contribution < 1.29 is 4.79 Å². The predicted octanol–water partition coefficient (Wildman–Crippen LogP) is 3.89. The smallest absolute Gasteiger partial charge is 0.245 e. The van der Waals surface area contributed by atoms with Crippen molar-refractivity contribution in [2.45, 2.75) is 6.92 Å². The number of aromatic nitrogens is 4. The van der Waals surface area contributed by atoms with Crippen LogP contribution in [0.2, 0.25) is 0 Å². The van der Waals surface area contributed by atoms with Crippen LogP contribution in [-0.2, 0) is 0 Å². The van der Waals surface area contributed by atoms with Gasteiger partial charge >= 0.3 is 0 Å². The summed E-state index contributed by atoms with van der Waals surface area (Å²) in [5.41, 5.74) is 3.68. The molecule has 0 aliphatic carbocycles. The van der Waals surface area contributed by atoms with Gasteiger partial charge < -0.3 is 4.90 Å². The average Bonchev–Trinajstić information content (AvgIpc) is 3.13. The molecule has 0 unspecified atom stereocenters. The highest BCUT2D eigenvalue weighted by atomic mass is 16.2. The molecule has 0 spiro atoms. The summed E-state index contributed by atoms with van der Waals surface area (Å²) in [6.45, 7) is 1.49. The third kappa shape index (κ3) is 3.17. The number of anilines is 1. The summed E-state index contributed by atoms with van der Waals surface area (Å²) in [5, 5.41) is 5.45. The summed E-state index contributed by atoms with van der Waals surface area (Å²) in [6.07, 6.45) is 1.76. The Bertz CT molecular complexity index is 1130. The van der Waals surface area contributed by atoms with E-state index in [0.29, 0.717) is 11.6 Å². The second-order valence-corrected chi connectivity index (χ2v) is 6.54. The van der Waals surface area contributed by atoms with Crippen molar-refractivity contribution in [3.05, 3.63) is 60.8 Å². The third-order valence-corrected chi connectivity index (χ3v) is 4.41. The third-order valence-electron chi connectivity index (χ3n) is 4.41. The first kappa shape index (κ1) is 16.9. The summed E-state index contributed by atoms with van der Waals surface area (Å²) < 4.78 is 1.35. The highest BCUT2D eigenvalue weighted by Gasteiger charge is 2.16. The Morgan fingerprint density at radius 1 is 1.00 bits per heavy atom. The van der Waals surface area contributed by atoms with Crippen LogP contribution in [0.25, 0.3) is 33.7 Å². The lowest BCUT2D eigenvalue weighted by atomic mass is 10.1. The van der Waals surface area contributed by atoms with E-state index in [1.54, 1.807) is 6.20 Å². The van der Waals surface area contributed by atoms with Crippen molar-refractivity contribution >= 4 is 22.5 Å². The number of fused-ring (bicyclic) bond motifs is 1. The molecule has 0 saturated heterocycles. The molecule has 0 atom stereocenters. The topological polar surface area (TPSA) is 63.9 Å². The zero-order valence-electron chi connectivity index (χ0n) is 15.4. The summed E-state index contributed by atoms with van der Waals surface area (Å²) >= 11 is 0. The second kappa shape index (κ2) is 6.64. The first-order valence-corrected chi connectivity index (χ1v) is 8.64. The van der Waals surface area contributed by atoms with Crippen molar-refractivity contribution in [1.82, 2.24) is 19.7 Å². The van der Waals surface area contributed by atoms with Crippen molar-refractivity contribution in [3.63, 3.8) is 0 Å². The van der Waals surface area contributed by atoms with Crippen LogP contribution in [0.5, 0.6) is 0 Å². The zero-order chi connectivity index (χ0) is 19.0. The van der Waals surface area contributed by atoms with Crippen LogP contribution in [-0.4, -0.2) is 39.8 Å². The lowest BCUT2D eigenvalue weighted by molar-refractivity contribution is 0.0923. The van der Waals surface area contributed by atoms with Gasteiger partial charge in [-0.3, -0.25) is 9.78 Å². The fraction of sp³-hybridized carbons (Fsp3) is 0.143. The number of carbonyl (C=O) groups excluding carboxylic acids is 1. The minimum Gasteiger partial charge on any atom is -0.378 e. The number of pyridine rings is 1. The summed E-state index contributed by atoms with van der Waals surface area (Å²) in [4.78, 5) is 23.1. The minimum absolute atomic E-state index is 0.178. The molecule has 2 aromatic heterocycles. The van der Waals surface area contributed by atoms with Gasteiger partial charge in [0.1, 0.15) is 0 Å². The lowest BCUT2D eigenvalue weighted by Crippen LogP contribution is -2.10. The second-order valence-electron chi connectivity index (χ2n) is 6.54. The van der Waals surface area contributed by atoms with Crippen LogP contribution >= 0.6 is 0 Å². The van der Waals surface area contributed by atoms with E-state index in [2.05, 4.69) is 15.1 Å². The normalized spacial score (nSPS) is 10.9. The van der Waals surface area contributed by atoms with E-state index >= 15 is 0 Å². The largest absolute Gasteiger partial charge is 0.378 e. The zero-order valence-corrected chi connectivity index (χ0v) is 15.4. The van der Waals surface area contributed by atoms with E-state index in [4.69, 9.17) is 0 Å². The van der Waals surface area contributed by atoms with Gasteiger partial charge in [0.05, 0.1) is 5.52 Å². The Morgan fingerprint density at radius 2 is 1.74 bits per heavy atom. The molecule has 0 amide bonds. The van der Waals surface area contributed by atoms with Gasteiger partial charge in [-0.05, 0) is 48.5 Å². The maximum atomic E-state index is 12.1. The molecule has 2 aromatic carbocycles. The van der Waals surface area contributed by atoms with Crippen LogP contribution < -0.4 is 4.90 Å². The molecular weight excluding hydrogens is 338 g/mol. The quantitative estimate of drug-likeness (QED) is 0.557. The minimum atomic E-state index is -0.178. The number of benzene rings is 2. The molecule has 4 aromatic rings. The van der Waals surface area contributed by atoms with Gasteiger partial charge in [0.2, 0.25) is 5.91 Å². The highest BCUT2D eigenvalue weighted by molar-refractivity contribution is 5.85. The molecule has 4 rings (SSSR count). The molecule has 6 nitrogen and oxygen atoms in total. The molecule has 0 bridgehead atoms. The Kier molecular flexibility index (Phi) is 4.16. The maximum Gasteiger partial charge on any atom is 0.245 e. The van der Waals surface area contributed by atoms with Crippen LogP contribution in [0.1, 0.15) is 11.7 Å². The first-order chi connectivity index (χ1) is 13.0. The number of nitrogens with zero attached hydrogens (tertiary/aromatic N) is 5. The molecular formula is C21H19N5O. The monoisotopic (exact) mass is 357 g/mol. The maximum absolute atomic E-state index is 12.1. The average molecular weight is 357 g/mol. The Labute approximate surface area is 157 Å². The highest BCUT2D eigenvalue weighted by Crippen LogP contribution is 2.26. The molecule has 0 aliphatic rings. The van der Waals surface area contributed by atoms with Gasteiger partial charge in [-0.25, -0.2) is 4.98 Å². The number of hydrogen-bond acceptors (Lipinski definition) is 5.